The highest BCUT2D eigenvalue weighted by molar-refractivity contribution is 6.31. The number of fused-ring (bicyclic) bond motifs is 1. The van der Waals surface area contributed by atoms with Crippen LogP contribution in [0.15, 0.2) is 47.3 Å². The molecule has 140 valence electrons. The SMILES string of the molecule is COc1cc(Cl)c(C)cc1NC(=O)COc1cc(=O)n(C)c2ccccc12. The Morgan fingerprint density at radius 3 is 2.67 bits per heavy atom. The van der Waals surface area contributed by atoms with Crippen molar-refractivity contribution in [1.29, 1.82) is 0 Å². The number of nitrogens with zero attached hydrogens (tertiary/aromatic N) is 1. The molecule has 0 saturated carbocycles. The van der Waals surface area contributed by atoms with E-state index in [9.17, 15) is 9.59 Å². The maximum atomic E-state index is 12.3. The van der Waals surface area contributed by atoms with Crippen molar-refractivity contribution in [2.45, 2.75) is 6.92 Å². The quantitative estimate of drug-likeness (QED) is 0.728. The number of carbonyl (C=O) groups is 1. The lowest BCUT2D eigenvalue weighted by molar-refractivity contribution is -0.118. The molecule has 1 N–H and O–H groups in total. The number of hydrogen-bond acceptors (Lipinski definition) is 4. The molecule has 7 heteroatoms. The lowest BCUT2D eigenvalue weighted by Crippen LogP contribution is -2.22. The molecule has 0 atom stereocenters. The van der Waals surface area contributed by atoms with Crippen molar-refractivity contribution in [3.05, 3.63) is 63.4 Å². The summed E-state index contributed by atoms with van der Waals surface area (Å²) in [6.07, 6.45) is 0. The zero-order valence-corrected chi connectivity index (χ0v) is 16.0. The van der Waals surface area contributed by atoms with Crippen molar-refractivity contribution in [2.75, 3.05) is 19.0 Å². The third-order valence-electron chi connectivity index (χ3n) is 4.23. The van der Waals surface area contributed by atoms with Crippen LogP contribution in [0.3, 0.4) is 0 Å². The van der Waals surface area contributed by atoms with Crippen molar-refractivity contribution in [1.82, 2.24) is 4.57 Å². The van der Waals surface area contributed by atoms with Gasteiger partial charge in [0.05, 0.1) is 18.3 Å². The van der Waals surface area contributed by atoms with Crippen LogP contribution in [0.2, 0.25) is 5.02 Å². The summed E-state index contributed by atoms with van der Waals surface area (Å²) in [5, 5.41) is 4.05. The number of halogens is 1. The zero-order valence-electron chi connectivity index (χ0n) is 15.2. The number of aryl methyl sites for hydroxylation is 2. The Kier molecular flexibility index (Phi) is 5.37. The van der Waals surface area contributed by atoms with Crippen LogP contribution in [0.25, 0.3) is 10.9 Å². The molecule has 3 rings (SSSR count). The monoisotopic (exact) mass is 386 g/mol. The summed E-state index contributed by atoms with van der Waals surface area (Å²) in [6.45, 7) is 1.59. The summed E-state index contributed by atoms with van der Waals surface area (Å²) >= 11 is 6.08. The molecule has 0 saturated heterocycles. The predicted octanol–water partition coefficient (Wildman–Crippen LogP) is 3.53. The van der Waals surface area contributed by atoms with Gasteiger partial charge in [-0.25, -0.2) is 0 Å². The molecule has 0 spiro atoms. The van der Waals surface area contributed by atoms with Crippen LogP contribution in [0.5, 0.6) is 11.5 Å². The number of ether oxygens (including phenoxy) is 2. The second-order valence-electron chi connectivity index (χ2n) is 6.06. The average Bonchev–Trinajstić information content (AvgIpc) is 2.66. The third kappa shape index (κ3) is 3.90. The van der Waals surface area contributed by atoms with Gasteiger partial charge in [0.15, 0.2) is 6.61 Å². The number of nitrogens with one attached hydrogen (secondary N) is 1. The van der Waals surface area contributed by atoms with E-state index in [2.05, 4.69) is 5.32 Å². The van der Waals surface area contributed by atoms with Crippen LogP contribution in [-0.4, -0.2) is 24.2 Å². The van der Waals surface area contributed by atoms with Gasteiger partial charge in [0.2, 0.25) is 0 Å². The number of aromatic nitrogens is 1. The van der Waals surface area contributed by atoms with Gasteiger partial charge in [-0.15, -0.1) is 0 Å². The average molecular weight is 387 g/mol. The second-order valence-corrected chi connectivity index (χ2v) is 6.47. The largest absolute Gasteiger partial charge is 0.495 e. The lowest BCUT2D eigenvalue weighted by Gasteiger charge is -2.14. The number of hydrogen-bond donors (Lipinski definition) is 1. The highest BCUT2D eigenvalue weighted by atomic mass is 35.5. The van der Waals surface area contributed by atoms with Crippen LogP contribution in [0, 0.1) is 6.92 Å². The van der Waals surface area contributed by atoms with E-state index in [1.165, 1.54) is 17.7 Å². The predicted molar refractivity (Wildman–Crippen MR) is 106 cm³/mol. The van der Waals surface area contributed by atoms with Gasteiger partial charge in [-0.2, -0.15) is 0 Å². The molecule has 2 aromatic carbocycles. The minimum absolute atomic E-state index is 0.209. The molecule has 6 nitrogen and oxygen atoms in total. The van der Waals surface area contributed by atoms with Gasteiger partial charge >= 0.3 is 0 Å². The van der Waals surface area contributed by atoms with Crippen LogP contribution in [0.1, 0.15) is 5.56 Å². The first kappa shape index (κ1) is 18.8. The molecule has 3 aromatic rings. The second kappa shape index (κ2) is 7.72. The van der Waals surface area contributed by atoms with Gasteiger partial charge in [-0.3, -0.25) is 9.59 Å². The Morgan fingerprint density at radius 2 is 1.93 bits per heavy atom. The minimum Gasteiger partial charge on any atom is -0.495 e. The van der Waals surface area contributed by atoms with E-state index in [0.717, 1.165) is 16.5 Å². The van der Waals surface area contributed by atoms with E-state index in [1.54, 1.807) is 19.2 Å². The van der Waals surface area contributed by atoms with Gasteiger partial charge in [-0.1, -0.05) is 23.7 Å². The fourth-order valence-corrected chi connectivity index (χ4v) is 2.91. The summed E-state index contributed by atoms with van der Waals surface area (Å²) < 4.78 is 12.4. The van der Waals surface area contributed by atoms with E-state index in [4.69, 9.17) is 21.1 Å². The van der Waals surface area contributed by atoms with Crippen LogP contribution in [-0.2, 0) is 11.8 Å². The van der Waals surface area contributed by atoms with Crippen LogP contribution < -0.4 is 20.3 Å². The van der Waals surface area contributed by atoms with E-state index >= 15 is 0 Å². The third-order valence-corrected chi connectivity index (χ3v) is 4.64. The summed E-state index contributed by atoms with van der Waals surface area (Å²) in [4.78, 5) is 24.4. The van der Waals surface area contributed by atoms with Gasteiger partial charge in [0.1, 0.15) is 11.5 Å². The summed E-state index contributed by atoms with van der Waals surface area (Å²) in [7, 11) is 3.19. The topological polar surface area (TPSA) is 69.6 Å². The molecule has 1 amide bonds. The van der Waals surface area contributed by atoms with E-state index in [0.29, 0.717) is 22.2 Å². The van der Waals surface area contributed by atoms with Crippen molar-refractivity contribution in [2.24, 2.45) is 7.05 Å². The number of methoxy groups -OCH3 is 1. The molecule has 0 bridgehead atoms. The summed E-state index contributed by atoms with van der Waals surface area (Å²) in [6, 6.07) is 12.1. The number of para-hydroxylation sites is 1. The molecular formula is C20H19ClN2O4. The van der Waals surface area contributed by atoms with Crippen molar-refractivity contribution in [3.63, 3.8) is 0 Å². The molecule has 0 aliphatic heterocycles. The first-order valence-corrected chi connectivity index (χ1v) is 8.64. The number of pyridine rings is 1. The number of amides is 1. The highest BCUT2D eigenvalue weighted by Crippen LogP contribution is 2.31. The normalized spacial score (nSPS) is 10.7. The van der Waals surface area contributed by atoms with Crippen molar-refractivity contribution in [3.8, 4) is 11.5 Å². The Morgan fingerprint density at radius 1 is 1.19 bits per heavy atom. The standard InChI is InChI=1S/C20H19ClN2O4/c1-12-8-15(18(26-3)9-14(12)21)22-19(24)11-27-17-10-20(25)23(2)16-7-5-4-6-13(16)17/h4-10H,11H2,1-3H3,(H,22,24). The summed E-state index contributed by atoms with van der Waals surface area (Å²) in [5.74, 6) is 0.445. The summed E-state index contributed by atoms with van der Waals surface area (Å²) in [5.41, 5.74) is 1.84. The van der Waals surface area contributed by atoms with Crippen molar-refractivity contribution >= 4 is 34.1 Å². The molecule has 0 unspecified atom stereocenters. The van der Waals surface area contributed by atoms with E-state index < -0.39 is 0 Å². The smallest absolute Gasteiger partial charge is 0.262 e. The first-order valence-electron chi connectivity index (χ1n) is 8.26. The number of carbonyl (C=O) groups excluding carboxylic acids is 1. The molecular weight excluding hydrogens is 368 g/mol. The first-order chi connectivity index (χ1) is 12.9. The molecule has 1 heterocycles. The molecule has 0 fully saturated rings. The van der Waals surface area contributed by atoms with Crippen LogP contribution >= 0.6 is 11.6 Å². The maximum Gasteiger partial charge on any atom is 0.262 e. The number of rotatable bonds is 5. The molecule has 0 radical (unpaired) electrons. The highest BCUT2D eigenvalue weighted by Gasteiger charge is 2.13. The lowest BCUT2D eigenvalue weighted by atomic mass is 10.2. The maximum absolute atomic E-state index is 12.3. The Balaban J connectivity index is 1.79. The fourth-order valence-electron chi connectivity index (χ4n) is 2.76. The van der Waals surface area contributed by atoms with Crippen LogP contribution in [0.4, 0.5) is 5.69 Å². The Bertz CT molecular complexity index is 1080. The fraction of sp³-hybridized carbons (Fsp3) is 0.200. The number of benzene rings is 2. The van der Waals surface area contributed by atoms with Gasteiger partial charge in [-0.05, 0) is 30.7 Å². The molecule has 1 aromatic heterocycles. The number of anilines is 1. The van der Waals surface area contributed by atoms with Gasteiger partial charge < -0.3 is 19.4 Å². The van der Waals surface area contributed by atoms with Gasteiger partial charge in [0, 0.05) is 29.6 Å². The zero-order chi connectivity index (χ0) is 19.6. The van der Waals surface area contributed by atoms with Gasteiger partial charge in [0.25, 0.3) is 11.5 Å². The molecule has 27 heavy (non-hydrogen) atoms. The van der Waals surface area contributed by atoms with Crippen molar-refractivity contribution < 1.29 is 14.3 Å². The Hall–Kier alpha value is -2.99. The van der Waals surface area contributed by atoms with E-state index in [-0.39, 0.29) is 18.1 Å². The minimum atomic E-state index is -0.375. The molecule has 0 aliphatic rings. The van der Waals surface area contributed by atoms with E-state index in [1.807, 2.05) is 31.2 Å². The Labute approximate surface area is 161 Å². The molecule has 0 aliphatic carbocycles.